The number of carbonyl (C=O) groups is 2. The lowest BCUT2D eigenvalue weighted by Gasteiger charge is -2.41. The van der Waals surface area contributed by atoms with E-state index in [1.165, 1.54) is 90.2 Å². The van der Waals surface area contributed by atoms with Crippen molar-refractivity contribution in [2.45, 2.75) is 32.5 Å². The molecule has 0 unspecified atom stereocenters. The molecule has 0 aliphatic heterocycles. The van der Waals surface area contributed by atoms with Crippen LogP contribution in [0.1, 0.15) is 0 Å². The van der Waals surface area contributed by atoms with Crippen molar-refractivity contribution in [2.24, 2.45) is 0 Å². The molecule has 0 atom stereocenters. The van der Waals surface area contributed by atoms with Crippen molar-refractivity contribution in [3.63, 3.8) is 0 Å². The average Bonchev–Trinajstić information content (AvgIpc) is 2.98. The van der Waals surface area contributed by atoms with Crippen molar-refractivity contribution in [1.29, 1.82) is 0 Å². The molecule has 4 nitrogen and oxygen atoms in total. The van der Waals surface area contributed by atoms with Crippen molar-refractivity contribution < 1.29 is 40.1 Å². The van der Waals surface area contributed by atoms with Crippen LogP contribution in [0.25, 0.3) is 0 Å². The summed E-state index contributed by atoms with van der Waals surface area (Å²) in [5, 5.41) is 1.53. The fraction of sp³-hybridized carbons (Fsp3) is 0.103. The molecule has 0 heterocycles. The quantitative estimate of drug-likeness (QED) is 0.171. The van der Waals surface area contributed by atoms with Crippen molar-refractivity contribution in [2.75, 3.05) is 5.32 Å². The normalized spacial score (nSPS) is 12.9. The number of alkyl halides is 6. The van der Waals surface area contributed by atoms with Crippen molar-refractivity contribution in [3.8, 4) is 0 Å². The summed E-state index contributed by atoms with van der Waals surface area (Å²) in [6, 6.07) is 25.1. The molecule has 226 valence electrons. The molecule has 0 saturated heterocycles. The van der Waals surface area contributed by atoms with Crippen LogP contribution in [0.3, 0.4) is 0 Å². The first kappa shape index (κ1) is 33.1. The summed E-state index contributed by atoms with van der Waals surface area (Å²) in [6.07, 6.45) is 0. The van der Waals surface area contributed by atoms with Gasteiger partial charge in [-0.05, 0) is 90.7 Å². The van der Waals surface area contributed by atoms with Crippen molar-refractivity contribution in [3.05, 3.63) is 117 Å². The van der Waals surface area contributed by atoms with Gasteiger partial charge in [0.05, 0.1) is 5.69 Å². The lowest BCUT2D eigenvalue weighted by atomic mass is 10.0. The van der Waals surface area contributed by atoms with Gasteiger partial charge in [0, 0.05) is 28.1 Å². The number of anilines is 1. The molecule has 4 aromatic carbocycles. The average molecular weight is 814 g/mol. The van der Waals surface area contributed by atoms with Gasteiger partial charge in [0.25, 0.3) is 0 Å². The molecular weight excluding hydrogens is 796 g/mol. The maximum Gasteiger partial charge on any atom is 0.412 e. The minimum absolute atomic E-state index is 0.0330. The van der Waals surface area contributed by atoms with E-state index in [2.05, 4.69) is 47.8 Å². The van der Waals surface area contributed by atoms with Gasteiger partial charge in [-0.15, -0.1) is 0 Å². The Morgan fingerprint density at radius 1 is 0.628 bits per heavy atom. The number of halogens is 9. The smallest absolute Gasteiger partial charge is 0.397 e. The molecule has 4 rings (SSSR count). The van der Waals surface area contributed by atoms with E-state index in [4.69, 9.17) is 4.18 Å². The van der Waals surface area contributed by atoms with Gasteiger partial charge in [-0.1, -0.05) is 70.5 Å². The monoisotopic (exact) mass is 811 g/mol. The van der Waals surface area contributed by atoms with E-state index < -0.39 is 45.6 Å². The van der Waals surface area contributed by atoms with E-state index in [1.807, 2.05) is 0 Å². The third kappa shape index (κ3) is 6.11. The first-order valence-electron chi connectivity index (χ1n) is 12.0. The molecule has 4 aromatic rings. The molecule has 0 aliphatic carbocycles. The fourth-order valence-corrected chi connectivity index (χ4v) is 9.39. The third-order valence-corrected chi connectivity index (χ3v) is 10.9. The maximum absolute atomic E-state index is 15.4. The van der Waals surface area contributed by atoms with Crippen LogP contribution in [0, 0.1) is 0 Å². The zero-order valence-electron chi connectivity index (χ0n) is 21.3. The van der Waals surface area contributed by atoms with E-state index in [0.717, 1.165) is 0 Å². The van der Waals surface area contributed by atoms with E-state index in [0.29, 0.717) is 4.47 Å². The highest BCUT2D eigenvalue weighted by Gasteiger charge is 2.79. The molecule has 0 aromatic heterocycles. The third-order valence-electron chi connectivity index (χ3n) is 6.00. The van der Waals surface area contributed by atoms with Gasteiger partial charge in [-0.2, -0.15) is 26.3 Å². The number of nitrogens with one attached hydrogen (secondary N) is 1. The molecule has 14 heteroatoms. The predicted molar refractivity (Wildman–Crippen MR) is 161 cm³/mol. The highest BCUT2D eigenvalue weighted by Crippen LogP contribution is 2.70. The molecule has 1 amide bonds. The van der Waals surface area contributed by atoms with Gasteiger partial charge < -0.3 is 9.50 Å². The Bertz CT molecular complexity index is 1510. The summed E-state index contributed by atoms with van der Waals surface area (Å²) in [6.45, 7) is 0. The topological polar surface area (TPSA) is 55.4 Å². The predicted octanol–water partition coefficient (Wildman–Crippen LogP) is 10.3. The summed E-state index contributed by atoms with van der Waals surface area (Å²) in [7, 11) is -3.53. The molecule has 0 saturated carbocycles. The van der Waals surface area contributed by atoms with Crippen LogP contribution in [0.4, 0.5) is 32.0 Å². The number of hydrogen-bond donors (Lipinski definition) is 1. The maximum atomic E-state index is 15.4. The van der Waals surface area contributed by atoms with Crippen LogP contribution in [0.5, 0.6) is 0 Å². The second kappa shape index (κ2) is 12.7. The van der Waals surface area contributed by atoms with Gasteiger partial charge in [0.15, 0.2) is 0 Å². The standard InChI is InChI=1S/C29H18Br3F6NO3S/c30-18-16-22(31)24(23(32)17-18)39-25(40)27(33,34)29(37,38)28(35,36)26(41)42-43(19-10-4-1-5-11-19,20-12-6-2-7-13-20)21-14-8-3-9-15-21/h1-17H,(H,39,40). The Kier molecular flexibility index (Phi) is 9.74. The first-order chi connectivity index (χ1) is 20.2. The van der Waals surface area contributed by atoms with E-state index in [-0.39, 0.29) is 23.6 Å². The molecule has 0 spiro atoms. The lowest BCUT2D eigenvalue weighted by Crippen LogP contribution is -2.62. The molecule has 0 radical (unpaired) electrons. The number of rotatable bonds is 9. The Labute approximate surface area is 268 Å². The lowest BCUT2D eigenvalue weighted by molar-refractivity contribution is -0.290. The molecular formula is C29H18Br3F6NO3S. The van der Waals surface area contributed by atoms with Crippen LogP contribution in [0.15, 0.2) is 131 Å². The summed E-state index contributed by atoms with van der Waals surface area (Å²) in [5.74, 6) is -24.5. The largest absolute Gasteiger partial charge is 0.412 e. The summed E-state index contributed by atoms with van der Waals surface area (Å²) in [5.41, 5.74) is -0.435. The molecule has 0 aliphatic rings. The van der Waals surface area contributed by atoms with Gasteiger partial charge >= 0.3 is 29.6 Å². The van der Waals surface area contributed by atoms with E-state index in [1.54, 1.807) is 18.2 Å². The highest BCUT2D eigenvalue weighted by molar-refractivity contribution is 9.11. The summed E-state index contributed by atoms with van der Waals surface area (Å²) >= 11 is 9.07. The zero-order valence-corrected chi connectivity index (χ0v) is 26.9. The van der Waals surface area contributed by atoms with Crippen LogP contribution < -0.4 is 5.32 Å². The van der Waals surface area contributed by atoms with Gasteiger partial charge in [-0.25, -0.2) is 4.79 Å². The number of amides is 1. The zero-order chi connectivity index (χ0) is 31.6. The molecule has 1 N–H and O–H groups in total. The Morgan fingerprint density at radius 2 is 1.00 bits per heavy atom. The number of hydrogen-bond acceptors (Lipinski definition) is 3. The van der Waals surface area contributed by atoms with E-state index >= 15 is 17.6 Å². The first-order valence-corrected chi connectivity index (χ1v) is 15.9. The van der Waals surface area contributed by atoms with Crippen molar-refractivity contribution >= 4 is 75.7 Å². The van der Waals surface area contributed by atoms with Gasteiger partial charge in [0.1, 0.15) is 0 Å². The van der Waals surface area contributed by atoms with Gasteiger partial charge in [0.2, 0.25) is 0 Å². The van der Waals surface area contributed by atoms with Crippen LogP contribution >= 0.6 is 58.1 Å². The molecule has 0 bridgehead atoms. The van der Waals surface area contributed by atoms with Crippen LogP contribution in [-0.4, -0.2) is 29.6 Å². The second-order valence-electron chi connectivity index (χ2n) is 8.79. The Hall–Kier alpha value is -2.81. The minimum atomic E-state index is -6.52. The Balaban J connectivity index is 1.78. The summed E-state index contributed by atoms with van der Waals surface area (Å²) < 4.78 is 96.7. The SMILES string of the molecule is O=C(Nc1c(Br)cc(Br)cc1Br)C(F)(F)C(F)(F)C(F)(F)C(=O)OS(c1ccccc1)(c1ccccc1)c1ccccc1. The van der Waals surface area contributed by atoms with E-state index in [9.17, 15) is 18.4 Å². The van der Waals surface area contributed by atoms with Gasteiger partial charge in [-0.3, -0.25) is 4.79 Å². The van der Waals surface area contributed by atoms with Crippen molar-refractivity contribution in [1.82, 2.24) is 0 Å². The summed E-state index contributed by atoms with van der Waals surface area (Å²) in [4.78, 5) is 26.0. The fourth-order valence-electron chi connectivity index (χ4n) is 3.88. The molecule has 0 fully saturated rings. The Morgan fingerprint density at radius 3 is 1.37 bits per heavy atom. The number of carbonyl (C=O) groups excluding carboxylic acids is 2. The number of benzene rings is 4. The minimum Gasteiger partial charge on any atom is -0.397 e. The second-order valence-corrected chi connectivity index (χ2v) is 14.1. The van der Waals surface area contributed by atoms with Crippen LogP contribution in [-0.2, 0) is 13.8 Å². The highest BCUT2D eigenvalue weighted by atomic mass is 79.9. The molecule has 43 heavy (non-hydrogen) atoms. The van der Waals surface area contributed by atoms with Crippen LogP contribution in [0.2, 0.25) is 0 Å².